The Balaban J connectivity index is 2.70. The van der Waals surface area contributed by atoms with Gasteiger partial charge in [0.25, 0.3) is 0 Å². The molecule has 0 radical (unpaired) electrons. The van der Waals surface area contributed by atoms with Crippen molar-refractivity contribution in [2.75, 3.05) is 0 Å². The molecule has 1 saturated carbocycles. The lowest BCUT2D eigenvalue weighted by molar-refractivity contribution is 0.886. The van der Waals surface area contributed by atoms with Crippen LogP contribution in [0, 0.1) is 0 Å². The van der Waals surface area contributed by atoms with Gasteiger partial charge in [-0.15, -0.1) is 0 Å². The van der Waals surface area contributed by atoms with Crippen LogP contribution >= 0.6 is 11.6 Å². The maximum absolute atomic E-state index is 5.27. The first-order valence-corrected chi connectivity index (χ1v) is 3.65. The van der Waals surface area contributed by atoms with Crippen LogP contribution in [0.4, 0.5) is 0 Å². The molecule has 9 heavy (non-hydrogen) atoms. The van der Waals surface area contributed by atoms with Crippen molar-refractivity contribution in [3.63, 3.8) is 0 Å². The molecule has 1 heteroatoms. The standard InChI is InChI=1S/C8H9Cl/c9-7-3-6-8-4-1-2-5-8/h7H,1-2,4-5H2. The maximum atomic E-state index is 5.27. The Labute approximate surface area is 60.5 Å². The van der Waals surface area contributed by atoms with Gasteiger partial charge in [0.1, 0.15) is 0 Å². The molecule has 0 heterocycles. The van der Waals surface area contributed by atoms with E-state index < -0.39 is 0 Å². The predicted molar refractivity (Wildman–Crippen MR) is 39.4 cm³/mol. The Kier molecular flexibility index (Phi) is 2.67. The molecule has 1 aliphatic rings. The molecule has 0 unspecified atom stereocenters. The topological polar surface area (TPSA) is 0 Å². The molecule has 0 aromatic heterocycles. The van der Waals surface area contributed by atoms with E-state index in [-0.39, 0.29) is 0 Å². The van der Waals surface area contributed by atoms with Crippen molar-refractivity contribution in [3.05, 3.63) is 22.6 Å². The second-order valence-corrected chi connectivity index (χ2v) is 2.41. The average Bonchev–Trinajstić information content (AvgIpc) is 2.34. The normalized spacial score (nSPS) is 16.8. The van der Waals surface area contributed by atoms with Gasteiger partial charge in [0.2, 0.25) is 0 Å². The van der Waals surface area contributed by atoms with Crippen molar-refractivity contribution >= 4 is 11.6 Å². The van der Waals surface area contributed by atoms with Crippen LogP contribution in [0.2, 0.25) is 0 Å². The van der Waals surface area contributed by atoms with E-state index in [9.17, 15) is 0 Å². The number of halogens is 1. The van der Waals surface area contributed by atoms with Crippen molar-refractivity contribution in [1.82, 2.24) is 0 Å². The molecule has 0 spiro atoms. The van der Waals surface area contributed by atoms with Crippen LogP contribution in [0.25, 0.3) is 0 Å². The summed E-state index contributed by atoms with van der Waals surface area (Å²) in [7, 11) is 0. The molecule has 0 bridgehead atoms. The van der Waals surface area contributed by atoms with E-state index in [1.807, 2.05) is 0 Å². The smallest absolute Gasteiger partial charge is 0.0546 e. The second kappa shape index (κ2) is 3.58. The number of allylic oxidation sites excluding steroid dienone is 1. The quantitative estimate of drug-likeness (QED) is 0.454. The molecule has 0 aromatic rings. The van der Waals surface area contributed by atoms with Crippen LogP contribution in [0.1, 0.15) is 25.7 Å². The van der Waals surface area contributed by atoms with Crippen molar-refractivity contribution in [2.45, 2.75) is 25.7 Å². The maximum Gasteiger partial charge on any atom is 0.0546 e. The highest BCUT2D eigenvalue weighted by Gasteiger charge is 2.03. The van der Waals surface area contributed by atoms with Crippen LogP contribution in [0.15, 0.2) is 22.6 Å². The summed E-state index contributed by atoms with van der Waals surface area (Å²) in [6, 6.07) is 0. The second-order valence-electron chi connectivity index (χ2n) is 2.19. The van der Waals surface area contributed by atoms with Crippen LogP contribution in [-0.4, -0.2) is 0 Å². The van der Waals surface area contributed by atoms with Gasteiger partial charge in [-0.25, -0.2) is 0 Å². The highest BCUT2D eigenvalue weighted by atomic mass is 35.5. The Hall–Kier alpha value is -0.410. The zero-order valence-corrected chi connectivity index (χ0v) is 6.04. The summed E-state index contributed by atoms with van der Waals surface area (Å²) in [5, 5.41) is 0. The summed E-state index contributed by atoms with van der Waals surface area (Å²) in [6.07, 6.45) is 5.01. The largest absolute Gasteiger partial charge is 0.0831 e. The van der Waals surface area contributed by atoms with Gasteiger partial charge in [-0.3, -0.25) is 0 Å². The van der Waals surface area contributed by atoms with Crippen LogP contribution in [0.3, 0.4) is 0 Å². The lowest BCUT2D eigenvalue weighted by atomic mass is 10.2. The van der Waals surface area contributed by atoms with Gasteiger partial charge < -0.3 is 0 Å². The highest BCUT2D eigenvalue weighted by molar-refractivity contribution is 6.25. The molecule has 0 amide bonds. The monoisotopic (exact) mass is 140 g/mol. The van der Waals surface area contributed by atoms with Gasteiger partial charge in [0.15, 0.2) is 0 Å². The Bertz CT molecular complexity index is 171. The molecule has 0 nitrogen and oxygen atoms in total. The Morgan fingerprint density at radius 2 is 2.00 bits per heavy atom. The van der Waals surface area contributed by atoms with E-state index in [0.717, 1.165) is 0 Å². The van der Waals surface area contributed by atoms with Crippen molar-refractivity contribution in [1.29, 1.82) is 0 Å². The molecule has 0 atom stereocenters. The van der Waals surface area contributed by atoms with Gasteiger partial charge in [0.05, 0.1) is 5.54 Å². The minimum absolute atomic E-state index is 1.19. The Morgan fingerprint density at radius 3 is 2.56 bits per heavy atom. The Morgan fingerprint density at radius 1 is 1.33 bits per heavy atom. The first-order chi connectivity index (χ1) is 4.43. The third-order valence-electron chi connectivity index (χ3n) is 1.51. The minimum Gasteiger partial charge on any atom is -0.0831 e. The summed E-state index contributed by atoms with van der Waals surface area (Å²) < 4.78 is 0. The molecular weight excluding hydrogens is 132 g/mol. The average molecular weight is 141 g/mol. The van der Waals surface area contributed by atoms with Crippen molar-refractivity contribution in [2.24, 2.45) is 0 Å². The highest BCUT2D eigenvalue weighted by Crippen LogP contribution is 2.21. The summed E-state index contributed by atoms with van der Waals surface area (Å²) in [6.45, 7) is 0. The summed E-state index contributed by atoms with van der Waals surface area (Å²) in [4.78, 5) is 0. The fourth-order valence-electron chi connectivity index (χ4n) is 1.06. The summed E-state index contributed by atoms with van der Waals surface area (Å²) in [5.41, 5.74) is 8.50. The van der Waals surface area contributed by atoms with Crippen LogP contribution < -0.4 is 0 Å². The van der Waals surface area contributed by atoms with Crippen molar-refractivity contribution in [3.8, 4) is 0 Å². The van der Waals surface area contributed by atoms with E-state index in [0.29, 0.717) is 0 Å². The van der Waals surface area contributed by atoms with E-state index in [2.05, 4.69) is 11.5 Å². The molecular formula is C8H9Cl. The fourth-order valence-corrected chi connectivity index (χ4v) is 1.11. The summed E-state index contributed by atoms with van der Waals surface area (Å²) >= 11 is 5.27. The van der Waals surface area contributed by atoms with Gasteiger partial charge in [-0.2, -0.15) is 0 Å². The molecule has 0 aliphatic heterocycles. The lowest BCUT2D eigenvalue weighted by Crippen LogP contribution is -1.62. The predicted octanol–water partition coefficient (Wildman–Crippen LogP) is 2.99. The molecule has 48 valence electrons. The lowest BCUT2D eigenvalue weighted by Gasteiger charge is -1.80. The van der Waals surface area contributed by atoms with Gasteiger partial charge in [0, 0.05) is 0 Å². The number of hydrogen-bond donors (Lipinski definition) is 0. The zero-order valence-electron chi connectivity index (χ0n) is 5.28. The van der Waals surface area contributed by atoms with E-state index in [1.54, 1.807) is 0 Å². The van der Waals surface area contributed by atoms with E-state index >= 15 is 0 Å². The van der Waals surface area contributed by atoms with E-state index in [4.69, 9.17) is 11.6 Å². The molecule has 0 N–H and O–H groups in total. The minimum atomic E-state index is 1.19. The zero-order chi connectivity index (χ0) is 6.53. The van der Waals surface area contributed by atoms with Crippen LogP contribution in [-0.2, 0) is 0 Å². The molecule has 0 aromatic carbocycles. The number of hydrogen-bond acceptors (Lipinski definition) is 0. The van der Waals surface area contributed by atoms with E-state index in [1.165, 1.54) is 36.8 Å². The first kappa shape index (κ1) is 6.71. The third-order valence-corrected chi connectivity index (χ3v) is 1.62. The summed E-state index contributed by atoms with van der Waals surface area (Å²) in [5.74, 6) is 0. The van der Waals surface area contributed by atoms with Gasteiger partial charge in [-0.05, 0) is 31.3 Å². The molecule has 1 fully saturated rings. The first-order valence-electron chi connectivity index (χ1n) is 3.21. The molecule has 1 rings (SSSR count). The van der Waals surface area contributed by atoms with Crippen molar-refractivity contribution < 1.29 is 0 Å². The van der Waals surface area contributed by atoms with Gasteiger partial charge in [-0.1, -0.05) is 23.1 Å². The molecule has 0 saturated heterocycles. The number of rotatable bonds is 0. The fraction of sp³-hybridized carbons (Fsp3) is 0.500. The SMILES string of the molecule is ClC=C=C=C1CCCC1. The van der Waals surface area contributed by atoms with Gasteiger partial charge >= 0.3 is 0 Å². The van der Waals surface area contributed by atoms with Crippen LogP contribution in [0.5, 0.6) is 0 Å². The third kappa shape index (κ3) is 2.11. The molecule has 1 aliphatic carbocycles.